The molecular formula is C9H14BrN3O2. The monoisotopic (exact) mass is 275 g/mol. The highest BCUT2D eigenvalue weighted by Gasteiger charge is 1.94. The maximum absolute atomic E-state index is 8.47. The quantitative estimate of drug-likeness (QED) is 0.575. The van der Waals surface area contributed by atoms with Crippen molar-refractivity contribution in [1.82, 2.24) is 9.97 Å². The van der Waals surface area contributed by atoms with Crippen LogP contribution in [0.1, 0.15) is 6.42 Å². The average molecular weight is 276 g/mol. The molecule has 0 radical (unpaired) electrons. The van der Waals surface area contributed by atoms with Crippen molar-refractivity contribution in [3.05, 3.63) is 17.0 Å². The van der Waals surface area contributed by atoms with E-state index in [0.717, 1.165) is 23.4 Å². The fourth-order valence-electron chi connectivity index (χ4n) is 0.988. The molecule has 0 amide bonds. The normalized spacial score (nSPS) is 10.3. The maximum Gasteiger partial charge on any atom is 0.130 e. The molecular weight excluding hydrogens is 262 g/mol. The van der Waals surface area contributed by atoms with E-state index < -0.39 is 0 Å². The number of halogens is 1. The summed E-state index contributed by atoms with van der Waals surface area (Å²) >= 11 is 3.26. The van der Waals surface area contributed by atoms with Crippen LogP contribution >= 0.6 is 15.9 Å². The third-order valence-corrected chi connectivity index (χ3v) is 2.07. The lowest BCUT2D eigenvalue weighted by Gasteiger charge is -2.05. The highest BCUT2D eigenvalue weighted by atomic mass is 79.9. The molecule has 1 rings (SSSR count). The van der Waals surface area contributed by atoms with Crippen molar-refractivity contribution in [2.45, 2.75) is 6.42 Å². The zero-order valence-electron chi connectivity index (χ0n) is 8.32. The molecule has 0 aliphatic carbocycles. The Labute approximate surface area is 97.0 Å². The van der Waals surface area contributed by atoms with Crippen LogP contribution in [0.4, 0.5) is 5.82 Å². The van der Waals surface area contributed by atoms with Gasteiger partial charge in [0.1, 0.15) is 16.7 Å². The van der Waals surface area contributed by atoms with E-state index in [1.54, 1.807) is 0 Å². The summed E-state index contributed by atoms with van der Waals surface area (Å²) in [4.78, 5) is 7.96. The first-order valence-corrected chi connectivity index (χ1v) is 5.52. The minimum absolute atomic E-state index is 0.0757. The third kappa shape index (κ3) is 5.66. The van der Waals surface area contributed by atoms with Gasteiger partial charge in [-0.3, -0.25) is 0 Å². The van der Waals surface area contributed by atoms with Crippen LogP contribution in [0.2, 0.25) is 0 Å². The van der Waals surface area contributed by atoms with Crippen molar-refractivity contribution in [3.8, 4) is 0 Å². The molecule has 0 saturated heterocycles. The van der Waals surface area contributed by atoms with Crippen LogP contribution < -0.4 is 5.32 Å². The van der Waals surface area contributed by atoms with Crippen molar-refractivity contribution >= 4 is 21.7 Å². The summed E-state index contributed by atoms with van der Waals surface area (Å²) in [7, 11) is 0. The number of aliphatic hydroxyl groups excluding tert-OH is 1. The van der Waals surface area contributed by atoms with E-state index in [0.29, 0.717) is 13.2 Å². The summed E-state index contributed by atoms with van der Waals surface area (Å²) in [5, 5.41) is 11.6. The Morgan fingerprint density at radius 3 is 3.00 bits per heavy atom. The number of ether oxygens (including phenoxy) is 1. The van der Waals surface area contributed by atoms with E-state index in [4.69, 9.17) is 9.84 Å². The minimum atomic E-state index is 0.0757. The van der Waals surface area contributed by atoms with Gasteiger partial charge in [0.2, 0.25) is 0 Å². The SMILES string of the molecule is OCCOCCCNc1cc(Br)ncn1. The topological polar surface area (TPSA) is 67.3 Å². The van der Waals surface area contributed by atoms with Crippen LogP contribution in [0.25, 0.3) is 0 Å². The Hall–Kier alpha value is -0.720. The summed E-state index contributed by atoms with van der Waals surface area (Å²) in [6.07, 6.45) is 2.37. The average Bonchev–Trinajstić information content (AvgIpc) is 2.23. The van der Waals surface area contributed by atoms with E-state index in [1.165, 1.54) is 6.33 Å². The van der Waals surface area contributed by atoms with Gasteiger partial charge in [-0.2, -0.15) is 0 Å². The van der Waals surface area contributed by atoms with Crippen LogP contribution in [0.5, 0.6) is 0 Å². The number of aliphatic hydroxyl groups is 1. The van der Waals surface area contributed by atoms with Gasteiger partial charge in [0.05, 0.1) is 13.2 Å². The zero-order valence-corrected chi connectivity index (χ0v) is 9.90. The van der Waals surface area contributed by atoms with Gasteiger partial charge in [0, 0.05) is 19.2 Å². The predicted octanol–water partition coefficient (Wildman–Crippen LogP) is 1.05. The Bertz CT molecular complexity index is 286. The third-order valence-electron chi connectivity index (χ3n) is 1.64. The Kier molecular flexibility index (Phi) is 6.22. The Morgan fingerprint density at radius 2 is 2.27 bits per heavy atom. The summed E-state index contributed by atoms with van der Waals surface area (Å²) in [6.45, 7) is 1.90. The molecule has 0 saturated carbocycles. The Morgan fingerprint density at radius 1 is 1.40 bits per heavy atom. The number of rotatable bonds is 7. The van der Waals surface area contributed by atoms with Gasteiger partial charge in [-0.15, -0.1) is 0 Å². The van der Waals surface area contributed by atoms with Gasteiger partial charge in [-0.05, 0) is 22.4 Å². The molecule has 15 heavy (non-hydrogen) atoms. The van der Waals surface area contributed by atoms with Crippen molar-refractivity contribution in [1.29, 1.82) is 0 Å². The Balaban J connectivity index is 2.10. The van der Waals surface area contributed by atoms with Crippen LogP contribution in [0.15, 0.2) is 17.0 Å². The first-order chi connectivity index (χ1) is 7.33. The standard InChI is InChI=1S/C9H14BrN3O2/c10-8-6-9(13-7-12-8)11-2-1-4-15-5-3-14/h6-7,14H,1-5H2,(H,11,12,13). The first-order valence-electron chi connectivity index (χ1n) is 4.73. The van der Waals surface area contributed by atoms with E-state index in [2.05, 4.69) is 31.2 Å². The first kappa shape index (κ1) is 12.4. The largest absolute Gasteiger partial charge is 0.394 e. The molecule has 0 aromatic carbocycles. The van der Waals surface area contributed by atoms with Crippen LogP contribution in [0, 0.1) is 0 Å². The van der Waals surface area contributed by atoms with Crippen molar-refractivity contribution in [2.24, 2.45) is 0 Å². The van der Waals surface area contributed by atoms with E-state index in [1.807, 2.05) is 6.07 Å². The highest BCUT2D eigenvalue weighted by molar-refractivity contribution is 9.10. The van der Waals surface area contributed by atoms with Crippen LogP contribution in [0.3, 0.4) is 0 Å². The molecule has 0 aliphatic rings. The summed E-state index contributed by atoms with van der Waals surface area (Å²) in [5.74, 6) is 0.791. The molecule has 0 fully saturated rings. The summed E-state index contributed by atoms with van der Waals surface area (Å²) in [5.41, 5.74) is 0. The van der Waals surface area contributed by atoms with Crippen molar-refractivity contribution in [3.63, 3.8) is 0 Å². The lowest BCUT2D eigenvalue weighted by atomic mass is 10.4. The summed E-state index contributed by atoms with van der Waals surface area (Å²) in [6, 6.07) is 1.81. The molecule has 5 nitrogen and oxygen atoms in total. The summed E-state index contributed by atoms with van der Waals surface area (Å²) < 4.78 is 5.87. The number of hydrogen-bond donors (Lipinski definition) is 2. The predicted molar refractivity (Wildman–Crippen MR) is 60.7 cm³/mol. The lowest BCUT2D eigenvalue weighted by Crippen LogP contribution is -2.08. The second-order valence-corrected chi connectivity index (χ2v) is 3.65. The lowest BCUT2D eigenvalue weighted by molar-refractivity contribution is 0.0922. The molecule has 1 heterocycles. The second kappa shape index (κ2) is 7.56. The smallest absolute Gasteiger partial charge is 0.130 e. The number of anilines is 1. The molecule has 0 aliphatic heterocycles. The molecule has 0 spiro atoms. The van der Waals surface area contributed by atoms with Gasteiger partial charge in [-0.25, -0.2) is 9.97 Å². The van der Waals surface area contributed by atoms with Gasteiger partial charge >= 0.3 is 0 Å². The molecule has 0 atom stereocenters. The minimum Gasteiger partial charge on any atom is -0.394 e. The highest BCUT2D eigenvalue weighted by Crippen LogP contribution is 2.08. The number of nitrogens with zero attached hydrogens (tertiary/aromatic N) is 2. The van der Waals surface area contributed by atoms with Gasteiger partial charge < -0.3 is 15.2 Å². The van der Waals surface area contributed by atoms with Crippen LogP contribution in [-0.4, -0.2) is 41.4 Å². The fraction of sp³-hybridized carbons (Fsp3) is 0.556. The number of nitrogens with one attached hydrogen (secondary N) is 1. The molecule has 6 heteroatoms. The van der Waals surface area contributed by atoms with Gasteiger partial charge in [0.15, 0.2) is 0 Å². The van der Waals surface area contributed by atoms with Crippen LogP contribution in [-0.2, 0) is 4.74 Å². The van der Waals surface area contributed by atoms with E-state index >= 15 is 0 Å². The number of aromatic nitrogens is 2. The molecule has 1 aromatic rings. The van der Waals surface area contributed by atoms with Gasteiger partial charge in [-0.1, -0.05) is 0 Å². The zero-order chi connectivity index (χ0) is 10.9. The maximum atomic E-state index is 8.47. The number of hydrogen-bond acceptors (Lipinski definition) is 5. The fourth-order valence-corrected chi connectivity index (χ4v) is 1.30. The van der Waals surface area contributed by atoms with E-state index in [-0.39, 0.29) is 6.61 Å². The molecule has 2 N–H and O–H groups in total. The molecule has 0 unspecified atom stereocenters. The van der Waals surface area contributed by atoms with Gasteiger partial charge in [0.25, 0.3) is 0 Å². The molecule has 0 bridgehead atoms. The van der Waals surface area contributed by atoms with E-state index in [9.17, 15) is 0 Å². The van der Waals surface area contributed by atoms with Crippen molar-refractivity contribution < 1.29 is 9.84 Å². The molecule has 1 aromatic heterocycles. The van der Waals surface area contributed by atoms with Crippen molar-refractivity contribution in [2.75, 3.05) is 31.7 Å². The molecule has 84 valence electrons. The second-order valence-electron chi connectivity index (χ2n) is 2.84.